The van der Waals surface area contributed by atoms with Gasteiger partial charge < -0.3 is 26.6 Å². The van der Waals surface area contributed by atoms with Gasteiger partial charge in [0.2, 0.25) is 11.8 Å². The summed E-state index contributed by atoms with van der Waals surface area (Å²) in [5.41, 5.74) is 10.7. The number of carboxylic acids is 1. The Morgan fingerprint density at radius 3 is 2.56 bits per heavy atom. The molecule has 25 heavy (non-hydrogen) atoms. The standard InChI is InChI=1S/C16H25N3O5S/c1-8(20)11-12-9(4-2-3-6-17)14(25-7-5-10(18)21)13(16(23)24)19(12)15(11)22/h8-9,11-12,20H,2-7,17H2,1H3,(H2,18,21)(H,23,24)/t8-,9-,11-,12-/m1/s1. The normalized spacial score (nSPS) is 26.4. The smallest absolute Gasteiger partial charge is 0.353 e. The van der Waals surface area contributed by atoms with E-state index >= 15 is 0 Å². The molecule has 0 radical (unpaired) electrons. The number of aliphatic hydroxyl groups excluding tert-OH is 1. The molecule has 4 atom stereocenters. The molecule has 0 saturated carbocycles. The number of β-lactam (4-membered cyclic amide) rings is 1. The Kier molecular flexibility index (Phi) is 6.47. The molecule has 140 valence electrons. The lowest BCUT2D eigenvalue weighted by Gasteiger charge is -2.47. The van der Waals surface area contributed by atoms with Crippen molar-refractivity contribution in [1.29, 1.82) is 0 Å². The van der Waals surface area contributed by atoms with Crippen LogP contribution in [-0.4, -0.2) is 57.3 Å². The lowest BCUT2D eigenvalue weighted by atomic mass is 9.77. The largest absolute Gasteiger partial charge is 0.477 e. The van der Waals surface area contributed by atoms with Gasteiger partial charge in [-0.3, -0.25) is 9.59 Å². The summed E-state index contributed by atoms with van der Waals surface area (Å²) in [6, 6.07) is -0.340. The zero-order chi connectivity index (χ0) is 18.7. The molecule has 2 heterocycles. The number of carbonyl (C=O) groups is 3. The highest BCUT2D eigenvalue weighted by atomic mass is 32.2. The molecule has 0 aromatic carbocycles. The Balaban J connectivity index is 2.29. The van der Waals surface area contributed by atoms with E-state index in [4.69, 9.17) is 11.5 Å². The quantitative estimate of drug-likeness (QED) is 0.308. The van der Waals surface area contributed by atoms with E-state index in [9.17, 15) is 24.6 Å². The maximum absolute atomic E-state index is 12.4. The number of aliphatic carboxylic acids is 1. The highest BCUT2D eigenvalue weighted by Crippen LogP contribution is 2.52. The van der Waals surface area contributed by atoms with Gasteiger partial charge in [-0.05, 0) is 26.3 Å². The van der Waals surface area contributed by atoms with Crippen LogP contribution in [0.15, 0.2) is 10.6 Å². The first kappa shape index (κ1) is 19.7. The number of amides is 2. The molecule has 1 saturated heterocycles. The van der Waals surface area contributed by atoms with Gasteiger partial charge >= 0.3 is 5.97 Å². The van der Waals surface area contributed by atoms with Gasteiger partial charge in [0.05, 0.1) is 18.1 Å². The first-order chi connectivity index (χ1) is 11.8. The summed E-state index contributed by atoms with van der Waals surface area (Å²) < 4.78 is 0. The predicted molar refractivity (Wildman–Crippen MR) is 93.1 cm³/mol. The summed E-state index contributed by atoms with van der Waals surface area (Å²) >= 11 is 1.27. The minimum Gasteiger partial charge on any atom is -0.477 e. The van der Waals surface area contributed by atoms with E-state index < -0.39 is 23.9 Å². The van der Waals surface area contributed by atoms with Gasteiger partial charge in [-0.15, -0.1) is 11.8 Å². The Labute approximate surface area is 150 Å². The average Bonchev–Trinajstić information content (AvgIpc) is 2.77. The molecule has 2 aliphatic rings. The van der Waals surface area contributed by atoms with Crippen molar-refractivity contribution < 1.29 is 24.6 Å². The fourth-order valence-corrected chi connectivity index (χ4v) is 4.94. The van der Waals surface area contributed by atoms with Crippen LogP contribution in [0.4, 0.5) is 0 Å². The molecule has 0 spiro atoms. The van der Waals surface area contributed by atoms with Crippen LogP contribution >= 0.6 is 11.8 Å². The Hall–Kier alpha value is -1.58. The summed E-state index contributed by atoms with van der Waals surface area (Å²) in [4.78, 5) is 37.0. The number of nitrogens with zero attached hydrogens (tertiary/aromatic N) is 1. The lowest BCUT2D eigenvalue weighted by molar-refractivity contribution is -0.163. The van der Waals surface area contributed by atoms with E-state index in [1.54, 1.807) is 6.92 Å². The third-order valence-corrected chi connectivity index (χ3v) is 5.92. The van der Waals surface area contributed by atoms with Gasteiger partial charge in [-0.1, -0.05) is 6.42 Å². The molecule has 0 aromatic rings. The average molecular weight is 371 g/mol. The number of carboxylic acid groups (broad SMARTS) is 1. The monoisotopic (exact) mass is 371 g/mol. The zero-order valence-electron chi connectivity index (χ0n) is 14.2. The van der Waals surface area contributed by atoms with E-state index in [0.29, 0.717) is 23.6 Å². The number of nitrogens with two attached hydrogens (primary N) is 2. The fraction of sp³-hybridized carbons (Fsp3) is 0.688. The van der Waals surface area contributed by atoms with Crippen molar-refractivity contribution in [3.8, 4) is 0 Å². The highest BCUT2D eigenvalue weighted by molar-refractivity contribution is 8.03. The van der Waals surface area contributed by atoms with Gasteiger partial charge in [0, 0.05) is 23.0 Å². The van der Waals surface area contributed by atoms with Gasteiger partial charge in [-0.2, -0.15) is 0 Å². The number of thioether (sulfide) groups is 1. The summed E-state index contributed by atoms with van der Waals surface area (Å²) in [7, 11) is 0. The second-order valence-electron chi connectivity index (χ2n) is 6.44. The van der Waals surface area contributed by atoms with E-state index in [2.05, 4.69) is 0 Å². The number of aliphatic hydroxyl groups is 1. The summed E-state index contributed by atoms with van der Waals surface area (Å²) in [5, 5.41) is 19.5. The van der Waals surface area contributed by atoms with Gasteiger partial charge in [0.25, 0.3) is 0 Å². The highest BCUT2D eigenvalue weighted by Gasteiger charge is 2.60. The number of primary amides is 1. The van der Waals surface area contributed by atoms with Crippen LogP contribution < -0.4 is 11.5 Å². The molecule has 2 amide bonds. The van der Waals surface area contributed by atoms with Crippen LogP contribution in [0.1, 0.15) is 32.6 Å². The van der Waals surface area contributed by atoms with Crippen molar-refractivity contribution in [2.24, 2.45) is 23.3 Å². The molecule has 2 rings (SSSR count). The molecule has 2 aliphatic heterocycles. The molecule has 8 nitrogen and oxygen atoms in total. The van der Waals surface area contributed by atoms with Crippen molar-refractivity contribution in [1.82, 2.24) is 4.90 Å². The maximum atomic E-state index is 12.4. The number of unbranched alkanes of at least 4 members (excludes halogenated alkanes) is 1. The van der Waals surface area contributed by atoms with Crippen LogP contribution in [0.2, 0.25) is 0 Å². The second-order valence-corrected chi connectivity index (χ2v) is 7.58. The molecule has 9 heteroatoms. The third kappa shape index (κ3) is 3.83. The second kappa shape index (κ2) is 8.20. The Morgan fingerprint density at radius 1 is 1.36 bits per heavy atom. The maximum Gasteiger partial charge on any atom is 0.353 e. The van der Waals surface area contributed by atoms with Crippen LogP contribution in [0, 0.1) is 11.8 Å². The first-order valence-electron chi connectivity index (χ1n) is 8.41. The minimum atomic E-state index is -1.16. The molecule has 0 aliphatic carbocycles. The van der Waals surface area contributed by atoms with Crippen LogP contribution in [0.5, 0.6) is 0 Å². The number of fused-ring (bicyclic) bond motifs is 1. The number of hydrogen-bond acceptors (Lipinski definition) is 6. The van der Waals surface area contributed by atoms with Crippen molar-refractivity contribution >= 4 is 29.5 Å². The van der Waals surface area contributed by atoms with Gasteiger partial charge in [0.15, 0.2) is 0 Å². The van der Waals surface area contributed by atoms with E-state index in [1.165, 1.54) is 16.7 Å². The molecule has 0 aromatic heterocycles. The van der Waals surface area contributed by atoms with Crippen molar-refractivity contribution in [2.45, 2.75) is 44.8 Å². The van der Waals surface area contributed by atoms with Crippen LogP contribution in [0.25, 0.3) is 0 Å². The molecule has 0 bridgehead atoms. The van der Waals surface area contributed by atoms with Crippen LogP contribution in [0.3, 0.4) is 0 Å². The van der Waals surface area contributed by atoms with Gasteiger partial charge in [-0.25, -0.2) is 4.79 Å². The molecule has 6 N–H and O–H groups in total. The molecular formula is C16H25N3O5S. The predicted octanol–water partition coefficient (Wildman–Crippen LogP) is -0.142. The Morgan fingerprint density at radius 2 is 2.04 bits per heavy atom. The van der Waals surface area contributed by atoms with E-state index in [-0.39, 0.29) is 30.0 Å². The third-order valence-electron chi connectivity index (χ3n) is 4.71. The van der Waals surface area contributed by atoms with Crippen molar-refractivity contribution in [3.05, 3.63) is 10.6 Å². The number of carbonyl (C=O) groups excluding carboxylic acids is 2. The van der Waals surface area contributed by atoms with Crippen molar-refractivity contribution in [3.63, 3.8) is 0 Å². The fourth-order valence-electron chi connectivity index (χ4n) is 3.62. The van der Waals surface area contributed by atoms with E-state index in [0.717, 1.165) is 12.8 Å². The number of hydrogen-bond donors (Lipinski definition) is 4. The minimum absolute atomic E-state index is 0.0147. The molecule has 1 fully saturated rings. The molecular weight excluding hydrogens is 346 g/mol. The van der Waals surface area contributed by atoms with Gasteiger partial charge in [0.1, 0.15) is 5.70 Å². The first-order valence-corrected chi connectivity index (χ1v) is 9.39. The van der Waals surface area contributed by atoms with Crippen molar-refractivity contribution in [2.75, 3.05) is 12.3 Å². The lowest BCUT2D eigenvalue weighted by Crippen LogP contribution is -2.63. The summed E-state index contributed by atoms with van der Waals surface area (Å²) in [6.45, 7) is 2.09. The SMILES string of the molecule is C[C@@H](O)[C@H]1C(=O)N2C(C(=O)O)=C(SCCC(N)=O)[C@H](CCCCN)[C@H]12. The molecule has 0 unspecified atom stereocenters. The summed E-state index contributed by atoms with van der Waals surface area (Å²) in [5.74, 6) is -2.36. The zero-order valence-corrected chi connectivity index (χ0v) is 15.0. The summed E-state index contributed by atoms with van der Waals surface area (Å²) in [6.07, 6.45) is 1.59. The van der Waals surface area contributed by atoms with Crippen LogP contribution in [-0.2, 0) is 14.4 Å². The number of rotatable bonds is 10. The topological polar surface area (TPSA) is 147 Å². The van der Waals surface area contributed by atoms with E-state index in [1.807, 2.05) is 0 Å². The Bertz CT molecular complexity index is 592.